The standard InChI is InChI=1S/C42H46Cl2N4O10/c1-54-31-18-16-30(17-19-31)26-58-42(53)48-37(23-28-14-20-32(21-15-28)56-27-33-34(43)11-8-12-35(33)44)40(51)47-36(39(50)46-24-38(49)55-2)13-6-7-22-45-41(52)57-25-29-9-4-3-5-10-29/h3-5,8-12,14-21,36-37H,6-7,13,22-27H2,1-2H3,(H,45,52)(H,46,50)(H,47,51)(H,48,53)/t36-,37-/m0/s1. The van der Waals surface area contributed by atoms with Crippen molar-refractivity contribution in [1.29, 1.82) is 0 Å². The normalized spacial score (nSPS) is 11.6. The first-order valence-electron chi connectivity index (χ1n) is 18.3. The average molecular weight is 838 g/mol. The lowest BCUT2D eigenvalue weighted by Gasteiger charge is -2.23. The molecule has 0 saturated carbocycles. The number of carbonyl (C=O) groups is 5. The van der Waals surface area contributed by atoms with Gasteiger partial charge in [0.05, 0.1) is 14.2 Å². The van der Waals surface area contributed by atoms with Crippen molar-refractivity contribution in [1.82, 2.24) is 21.3 Å². The van der Waals surface area contributed by atoms with E-state index >= 15 is 0 Å². The minimum Gasteiger partial charge on any atom is -0.497 e. The minimum absolute atomic E-state index is 0.00556. The monoisotopic (exact) mass is 836 g/mol. The van der Waals surface area contributed by atoms with Crippen molar-refractivity contribution in [2.24, 2.45) is 0 Å². The fourth-order valence-electron chi connectivity index (χ4n) is 5.38. The van der Waals surface area contributed by atoms with Crippen molar-refractivity contribution in [3.8, 4) is 11.5 Å². The SMILES string of the molecule is COC(=O)CNC(=O)[C@H](CCCCNC(=O)OCc1ccccc1)NC(=O)[C@H](Cc1ccc(OCc2c(Cl)cccc2Cl)cc1)NC(=O)OCc1ccc(OC)cc1. The number of methoxy groups -OCH3 is 2. The highest BCUT2D eigenvalue weighted by molar-refractivity contribution is 6.35. The van der Waals surface area contributed by atoms with Crippen molar-refractivity contribution in [3.05, 3.63) is 129 Å². The number of carbonyl (C=O) groups excluding carboxylic acids is 5. The van der Waals surface area contributed by atoms with Crippen LogP contribution in [0.2, 0.25) is 10.0 Å². The van der Waals surface area contributed by atoms with E-state index in [4.69, 9.17) is 42.1 Å². The molecule has 16 heteroatoms. The van der Waals surface area contributed by atoms with E-state index < -0.39 is 48.6 Å². The minimum atomic E-state index is -1.20. The molecule has 0 bridgehead atoms. The van der Waals surface area contributed by atoms with Crippen molar-refractivity contribution in [2.45, 2.75) is 57.6 Å². The molecule has 0 radical (unpaired) electrons. The molecule has 0 aliphatic rings. The molecule has 0 aliphatic heterocycles. The van der Waals surface area contributed by atoms with Gasteiger partial charge < -0.3 is 45.0 Å². The zero-order chi connectivity index (χ0) is 41.7. The van der Waals surface area contributed by atoms with Gasteiger partial charge in [-0.05, 0) is 72.4 Å². The molecule has 0 saturated heterocycles. The predicted molar refractivity (Wildman–Crippen MR) is 216 cm³/mol. The van der Waals surface area contributed by atoms with E-state index in [0.29, 0.717) is 51.1 Å². The third kappa shape index (κ3) is 15.5. The Balaban J connectivity index is 1.41. The maximum absolute atomic E-state index is 13.9. The van der Waals surface area contributed by atoms with Gasteiger partial charge in [0.2, 0.25) is 11.8 Å². The molecule has 4 aromatic carbocycles. The summed E-state index contributed by atoms with van der Waals surface area (Å²) in [4.78, 5) is 64.2. The molecule has 4 rings (SSSR count). The van der Waals surface area contributed by atoms with Gasteiger partial charge >= 0.3 is 18.2 Å². The van der Waals surface area contributed by atoms with E-state index in [-0.39, 0.29) is 39.2 Å². The van der Waals surface area contributed by atoms with Gasteiger partial charge in [0.1, 0.15) is 49.9 Å². The average Bonchev–Trinajstić information content (AvgIpc) is 3.24. The number of benzene rings is 4. The molecular weight excluding hydrogens is 791 g/mol. The van der Waals surface area contributed by atoms with E-state index in [1.54, 1.807) is 73.8 Å². The van der Waals surface area contributed by atoms with Crippen LogP contribution in [0.3, 0.4) is 0 Å². The molecular formula is C42H46Cl2N4O10. The van der Waals surface area contributed by atoms with Gasteiger partial charge in [0.25, 0.3) is 0 Å². The highest BCUT2D eigenvalue weighted by atomic mass is 35.5. The number of amides is 4. The maximum Gasteiger partial charge on any atom is 0.408 e. The smallest absolute Gasteiger partial charge is 0.408 e. The van der Waals surface area contributed by atoms with Crippen molar-refractivity contribution < 1.29 is 47.7 Å². The lowest BCUT2D eigenvalue weighted by molar-refractivity contribution is -0.141. The summed E-state index contributed by atoms with van der Waals surface area (Å²) < 4.78 is 26.4. The zero-order valence-electron chi connectivity index (χ0n) is 32.1. The van der Waals surface area contributed by atoms with Crippen LogP contribution in [0.4, 0.5) is 9.59 Å². The van der Waals surface area contributed by atoms with Gasteiger partial charge in [-0.25, -0.2) is 9.59 Å². The number of rotatable bonds is 21. The summed E-state index contributed by atoms with van der Waals surface area (Å²) in [5.74, 6) is -0.866. The zero-order valence-corrected chi connectivity index (χ0v) is 33.6. The number of esters is 1. The number of nitrogens with one attached hydrogen (secondary N) is 4. The molecule has 0 spiro atoms. The number of halogens is 2. The van der Waals surface area contributed by atoms with Gasteiger partial charge in [0, 0.05) is 28.6 Å². The van der Waals surface area contributed by atoms with Gasteiger partial charge in [-0.3, -0.25) is 14.4 Å². The lowest BCUT2D eigenvalue weighted by atomic mass is 10.0. The van der Waals surface area contributed by atoms with Crippen LogP contribution in [-0.2, 0) is 54.8 Å². The van der Waals surface area contributed by atoms with Crippen LogP contribution >= 0.6 is 23.2 Å². The fourth-order valence-corrected chi connectivity index (χ4v) is 5.89. The van der Waals surface area contributed by atoms with Crippen LogP contribution in [0.25, 0.3) is 0 Å². The Hall–Kier alpha value is -5.99. The molecule has 0 aliphatic carbocycles. The second kappa shape index (κ2) is 23.9. The van der Waals surface area contributed by atoms with Crippen LogP contribution in [0, 0.1) is 0 Å². The summed E-state index contributed by atoms with van der Waals surface area (Å²) in [5.41, 5.74) is 2.81. The van der Waals surface area contributed by atoms with Crippen LogP contribution < -0.4 is 30.7 Å². The molecule has 0 fully saturated rings. The number of ether oxygens (including phenoxy) is 5. The van der Waals surface area contributed by atoms with Crippen LogP contribution in [0.1, 0.15) is 41.5 Å². The van der Waals surface area contributed by atoms with E-state index in [9.17, 15) is 24.0 Å². The summed E-state index contributed by atoms with van der Waals surface area (Å²) >= 11 is 12.6. The lowest BCUT2D eigenvalue weighted by Crippen LogP contribution is -2.54. The van der Waals surface area contributed by atoms with E-state index in [2.05, 4.69) is 26.0 Å². The van der Waals surface area contributed by atoms with Crippen molar-refractivity contribution in [2.75, 3.05) is 27.3 Å². The largest absolute Gasteiger partial charge is 0.497 e. The van der Waals surface area contributed by atoms with Gasteiger partial charge in [0.15, 0.2) is 0 Å². The summed E-state index contributed by atoms with van der Waals surface area (Å²) in [5, 5.41) is 11.4. The quantitative estimate of drug-likeness (QED) is 0.0424. The maximum atomic E-state index is 13.9. The van der Waals surface area contributed by atoms with E-state index in [1.807, 2.05) is 30.3 Å². The van der Waals surface area contributed by atoms with Crippen LogP contribution in [0.5, 0.6) is 11.5 Å². The van der Waals surface area contributed by atoms with Gasteiger partial charge in [-0.2, -0.15) is 0 Å². The molecule has 4 aromatic rings. The molecule has 0 unspecified atom stereocenters. The number of hydrogen-bond acceptors (Lipinski definition) is 10. The molecule has 58 heavy (non-hydrogen) atoms. The summed E-state index contributed by atoms with van der Waals surface area (Å²) in [6.07, 6.45) is -0.501. The third-order valence-electron chi connectivity index (χ3n) is 8.61. The van der Waals surface area contributed by atoms with Gasteiger partial charge in [-0.1, -0.05) is 83.9 Å². The Bertz CT molecular complexity index is 1930. The first-order valence-corrected chi connectivity index (χ1v) is 19.1. The Morgan fingerprint density at radius 3 is 1.88 bits per heavy atom. The molecule has 4 amide bonds. The molecule has 308 valence electrons. The molecule has 2 atom stereocenters. The Labute approximate surface area is 346 Å². The molecule has 14 nitrogen and oxygen atoms in total. The number of unbranched alkanes of at least 4 members (excludes halogenated alkanes) is 1. The Kier molecular flexibility index (Phi) is 18.5. The van der Waals surface area contributed by atoms with E-state index in [1.165, 1.54) is 7.11 Å². The first-order chi connectivity index (χ1) is 28.0. The highest BCUT2D eigenvalue weighted by Gasteiger charge is 2.28. The second-order valence-corrected chi connectivity index (χ2v) is 13.6. The van der Waals surface area contributed by atoms with Gasteiger partial charge in [-0.15, -0.1) is 0 Å². The predicted octanol–water partition coefficient (Wildman–Crippen LogP) is 6.29. The highest BCUT2D eigenvalue weighted by Crippen LogP contribution is 2.26. The summed E-state index contributed by atoms with van der Waals surface area (Å²) in [6.45, 7) is -0.0288. The van der Waals surface area contributed by atoms with Crippen LogP contribution in [-0.4, -0.2) is 69.4 Å². The van der Waals surface area contributed by atoms with Crippen molar-refractivity contribution in [3.63, 3.8) is 0 Å². The number of alkyl carbamates (subject to hydrolysis) is 2. The molecule has 0 heterocycles. The Morgan fingerprint density at radius 2 is 1.22 bits per heavy atom. The number of hydrogen-bond donors (Lipinski definition) is 4. The second-order valence-electron chi connectivity index (χ2n) is 12.8. The first kappa shape index (κ1) is 44.7. The van der Waals surface area contributed by atoms with Crippen LogP contribution in [0.15, 0.2) is 97.1 Å². The summed E-state index contributed by atoms with van der Waals surface area (Å²) in [6, 6.07) is 25.9. The third-order valence-corrected chi connectivity index (χ3v) is 9.32. The fraction of sp³-hybridized carbons (Fsp3) is 0.310. The van der Waals surface area contributed by atoms with Crippen molar-refractivity contribution >= 4 is 53.2 Å². The summed E-state index contributed by atoms with van der Waals surface area (Å²) in [7, 11) is 2.72. The molecule has 4 N–H and O–H groups in total. The topological polar surface area (TPSA) is 180 Å². The van der Waals surface area contributed by atoms with E-state index in [0.717, 1.165) is 5.56 Å². The Morgan fingerprint density at radius 1 is 0.603 bits per heavy atom. The molecule has 0 aromatic heterocycles.